The van der Waals surface area contributed by atoms with Crippen LogP contribution < -0.4 is 4.72 Å². The largest absolute Gasteiger partial charge is 0.337 e. The smallest absolute Gasteiger partial charge is 0.336 e. The third-order valence-electron chi connectivity index (χ3n) is 3.58. The summed E-state index contributed by atoms with van der Waals surface area (Å²) in [5.74, 6) is -0.513. The van der Waals surface area contributed by atoms with E-state index >= 15 is 0 Å². The van der Waals surface area contributed by atoms with Gasteiger partial charge in [-0.05, 0) is 6.07 Å². The zero-order chi connectivity index (χ0) is 17.2. The highest BCUT2D eigenvalue weighted by atomic mass is 32.2. The molecule has 128 valence electrons. The third kappa shape index (κ3) is 3.63. The molecule has 1 aliphatic rings. The van der Waals surface area contributed by atoms with Gasteiger partial charge in [0.15, 0.2) is 12.5 Å². The lowest BCUT2D eigenvalue weighted by Crippen LogP contribution is -2.38. The minimum Gasteiger partial charge on any atom is -0.336 e. The van der Waals surface area contributed by atoms with E-state index in [1.807, 2.05) is 6.07 Å². The molecule has 1 saturated heterocycles. The Morgan fingerprint density at radius 2 is 1.71 bits per heavy atom. The van der Waals surface area contributed by atoms with Gasteiger partial charge in [-0.2, -0.15) is 13.1 Å². The van der Waals surface area contributed by atoms with Crippen molar-refractivity contribution in [1.82, 2.24) is 4.72 Å². The SMILES string of the molecule is COS(=O)(=O)NC1OC(c2ccccc2)OC1c1ccccc1F. The van der Waals surface area contributed by atoms with Crippen LogP contribution in [0, 0.1) is 5.82 Å². The Hall–Kier alpha value is -1.84. The molecule has 1 heterocycles. The number of ether oxygens (including phenoxy) is 2. The van der Waals surface area contributed by atoms with Crippen molar-refractivity contribution in [3.63, 3.8) is 0 Å². The fraction of sp³-hybridized carbons (Fsp3) is 0.250. The monoisotopic (exact) mass is 353 g/mol. The molecular weight excluding hydrogens is 337 g/mol. The van der Waals surface area contributed by atoms with Crippen LogP contribution in [-0.2, 0) is 24.0 Å². The first-order valence-corrected chi connectivity index (χ1v) is 8.59. The molecule has 2 aromatic carbocycles. The lowest BCUT2D eigenvalue weighted by atomic mass is 10.1. The van der Waals surface area contributed by atoms with Gasteiger partial charge >= 0.3 is 10.3 Å². The van der Waals surface area contributed by atoms with E-state index in [2.05, 4.69) is 8.91 Å². The van der Waals surface area contributed by atoms with E-state index in [-0.39, 0.29) is 5.56 Å². The molecule has 0 spiro atoms. The molecule has 24 heavy (non-hydrogen) atoms. The van der Waals surface area contributed by atoms with Crippen molar-refractivity contribution in [1.29, 1.82) is 0 Å². The number of halogens is 1. The van der Waals surface area contributed by atoms with Gasteiger partial charge in [-0.25, -0.2) is 4.39 Å². The molecule has 1 fully saturated rings. The average molecular weight is 353 g/mol. The highest BCUT2D eigenvalue weighted by molar-refractivity contribution is 7.84. The number of hydrogen-bond donors (Lipinski definition) is 1. The quantitative estimate of drug-likeness (QED) is 0.894. The van der Waals surface area contributed by atoms with Crippen LogP contribution in [0.3, 0.4) is 0 Å². The van der Waals surface area contributed by atoms with Crippen molar-refractivity contribution in [3.8, 4) is 0 Å². The van der Waals surface area contributed by atoms with Gasteiger partial charge in [0.05, 0.1) is 7.11 Å². The Morgan fingerprint density at radius 3 is 2.38 bits per heavy atom. The van der Waals surface area contributed by atoms with Gasteiger partial charge < -0.3 is 9.47 Å². The van der Waals surface area contributed by atoms with Crippen molar-refractivity contribution in [2.24, 2.45) is 0 Å². The molecule has 1 N–H and O–H groups in total. The molecule has 0 radical (unpaired) electrons. The normalized spacial score (nSPS) is 24.2. The average Bonchev–Trinajstić information content (AvgIpc) is 2.99. The second kappa shape index (κ2) is 6.96. The summed E-state index contributed by atoms with van der Waals surface area (Å²) in [4.78, 5) is 0. The molecule has 0 aliphatic carbocycles. The van der Waals surface area contributed by atoms with Crippen LogP contribution in [0.5, 0.6) is 0 Å². The van der Waals surface area contributed by atoms with Gasteiger partial charge in [0, 0.05) is 11.1 Å². The van der Waals surface area contributed by atoms with E-state index in [9.17, 15) is 12.8 Å². The molecule has 1 aliphatic heterocycles. The van der Waals surface area contributed by atoms with E-state index in [4.69, 9.17) is 9.47 Å². The van der Waals surface area contributed by atoms with Crippen LogP contribution in [0.15, 0.2) is 54.6 Å². The second-order valence-corrected chi connectivity index (χ2v) is 6.59. The summed E-state index contributed by atoms with van der Waals surface area (Å²) < 4.78 is 55.5. The Bertz CT molecular complexity index is 799. The first-order valence-electron chi connectivity index (χ1n) is 7.18. The molecule has 2 aromatic rings. The molecular formula is C16H16FNO5S. The van der Waals surface area contributed by atoms with Crippen molar-refractivity contribution < 1.29 is 26.5 Å². The minimum absolute atomic E-state index is 0.194. The van der Waals surface area contributed by atoms with E-state index in [0.717, 1.165) is 7.11 Å². The minimum atomic E-state index is -4.04. The zero-order valence-electron chi connectivity index (χ0n) is 12.8. The summed E-state index contributed by atoms with van der Waals surface area (Å²) in [6.45, 7) is 0. The number of hydrogen-bond acceptors (Lipinski definition) is 5. The summed E-state index contributed by atoms with van der Waals surface area (Å²) >= 11 is 0. The Balaban J connectivity index is 1.92. The number of benzene rings is 2. The van der Waals surface area contributed by atoms with E-state index < -0.39 is 34.7 Å². The van der Waals surface area contributed by atoms with Crippen molar-refractivity contribution in [2.45, 2.75) is 18.6 Å². The first kappa shape index (κ1) is 17.0. The highest BCUT2D eigenvalue weighted by Gasteiger charge is 2.41. The van der Waals surface area contributed by atoms with Crippen LogP contribution in [-0.4, -0.2) is 21.8 Å². The van der Waals surface area contributed by atoms with Crippen LogP contribution in [0.1, 0.15) is 23.5 Å². The highest BCUT2D eigenvalue weighted by Crippen LogP contribution is 2.39. The molecule has 8 heteroatoms. The van der Waals surface area contributed by atoms with Crippen LogP contribution in [0.2, 0.25) is 0 Å². The van der Waals surface area contributed by atoms with Crippen molar-refractivity contribution >= 4 is 10.3 Å². The number of nitrogens with one attached hydrogen (secondary N) is 1. The summed E-state index contributed by atoms with van der Waals surface area (Å²) in [5.41, 5.74) is 0.887. The van der Waals surface area contributed by atoms with Gasteiger partial charge in [-0.3, -0.25) is 4.18 Å². The molecule has 0 aromatic heterocycles. The lowest BCUT2D eigenvalue weighted by molar-refractivity contribution is -0.0707. The molecule has 3 rings (SSSR count). The van der Waals surface area contributed by atoms with E-state index in [1.54, 1.807) is 30.3 Å². The Kier molecular flexibility index (Phi) is 4.93. The van der Waals surface area contributed by atoms with E-state index in [1.165, 1.54) is 18.2 Å². The standard InChI is InChI=1S/C16H16FNO5S/c1-21-24(19,20)18-15-14(12-9-5-6-10-13(12)17)22-16(23-15)11-7-3-2-4-8-11/h2-10,14-16,18H,1H3. The van der Waals surface area contributed by atoms with Crippen LogP contribution in [0.4, 0.5) is 4.39 Å². The predicted octanol–water partition coefficient (Wildman–Crippen LogP) is 2.42. The van der Waals surface area contributed by atoms with Gasteiger partial charge in [-0.1, -0.05) is 48.5 Å². The second-order valence-electron chi connectivity index (χ2n) is 5.12. The van der Waals surface area contributed by atoms with Gasteiger partial charge in [-0.15, -0.1) is 0 Å². The Morgan fingerprint density at radius 1 is 1.04 bits per heavy atom. The topological polar surface area (TPSA) is 73.9 Å². The van der Waals surface area contributed by atoms with E-state index in [0.29, 0.717) is 5.56 Å². The van der Waals surface area contributed by atoms with Gasteiger partial charge in [0.25, 0.3) is 0 Å². The first-order chi connectivity index (χ1) is 11.5. The molecule has 6 nitrogen and oxygen atoms in total. The summed E-state index contributed by atoms with van der Waals surface area (Å²) in [6, 6.07) is 14.9. The maximum absolute atomic E-state index is 14.1. The van der Waals surface area contributed by atoms with Crippen LogP contribution >= 0.6 is 0 Å². The van der Waals surface area contributed by atoms with Crippen LogP contribution in [0.25, 0.3) is 0 Å². The summed E-state index contributed by atoms with van der Waals surface area (Å²) in [7, 11) is -3.02. The predicted molar refractivity (Wildman–Crippen MR) is 83.3 cm³/mol. The van der Waals surface area contributed by atoms with Crippen molar-refractivity contribution in [3.05, 3.63) is 71.5 Å². The van der Waals surface area contributed by atoms with Crippen molar-refractivity contribution in [2.75, 3.05) is 7.11 Å². The zero-order valence-corrected chi connectivity index (χ0v) is 13.6. The molecule has 3 atom stereocenters. The summed E-state index contributed by atoms with van der Waals surface area (Å²) in [5, 5.41) is 0. The molecule has 0 bridgehead atoms. The van der Waals surface area contributed by atoms with Gasteiger partial charge in [0.2, 0.25) is 0 Å². The maximum atomic E-state index is 14.1. The van der Waals surface area contributed by atoms with Gasteiger partial charge in [0.1, 0.15) is 11.9 Å². The maximum Gasteiger partial charge on any atom is 0.337 e. The molecule has 3 unspecified atom stereocenters. The lowest BCUT2D eigenvalue weighted by Gasteiger charge is -2.18. The number of rotatable bonds is 5. The third-order valence-corrected chi connectivity index (χ3v) is 4.54. The summed E-state index contributed by atoms with van der Waals surface area (Å²) in [6.07, 6.45) is -2.92. The fourth-order valence-corrected chi connectivity index (χ4v) is 2.99. The fourth-order valence-electron chi connectivity index (χ4n) is 2.43. The molecule has 0 amide bonds. The Labute approximate surface area is 139 Å². The molecule has 0 saturated carbocycles.